The average Bonchev–Trinajstić information content (AvgIpc) is 2.41. The van der Waals surface area contributed by atoms with Gasteiger partial charge in [0.15, 0.2) is 0 Å². The molecule has 99 valence electrons. The third kappa shape index (κ3) is 4.57. The molecule has 2 saturated heterocycles. The van der Waals surface area contributed by atoms with Gasteiger partial charge in [0.05, 0.1) is 6.10 Å². The Morgan fingerprint density at radius 1 is 1.06 bits per heavy atom. The van der Waals surface area contributed by atoms with Crippen LogP contribution in [-0.4, -0.2) is 32.3 Å². The smallest absolute Gasteiger partial charge is 0.0959 e. The second-order valence-corrected chi connectivity index (χ2v) is 5.77. The van der Waals surface area contributed by atoms with E-state index in [1.165, 1.54) is 32.4 Å². The van der Waals surface area contributed by atoms with Crippen molar-refractivity contribution in [3.8, 4) is 0 Å². The lowest BCUT2D eigenvalue weighted by Gasteiger charge is -2.27. The standard InChI is InChI=1S/C14H27N2O/c17-14(13-6-9-15-10-7-13)5-1-3-12-4-2-8-16-11-12/h12-16H,1-11H2. The van der Waals surface area contributed by atoms with Crippen LogP contribution in [0.1, 0.15) is 44.9 Å². The van der Waals surface area contributed by atoms with E-state index >= 15 is 0 Å². The highest BCUT2D eigenvalue weighted by Gasteiger charge is 2.23. The summed E-state index contributed by atoms with van der Waals surface area (Å²) < 4.78 is 0. The van der Waals surface area contributed by atoms with Gasteiger partial charge >= 0.3 is 0 Å². The molecule has 2 fully saturated rings. The molecule has 0 aromatic carbocycles. The average molecular weight is 239 g/mol. The molecule has 2 atom stereocenters. The van der Waals surface area contributed by atoms with Crippen molar-refractivity contribution in [2.24, 2.45) is 11.8 Å². The van der Waals surface area contributed by atoms with Gasteiger partial charge in [0.1, 0.15) is 0 Å². The van der Waals surface area contributed by atoms with Crippen LogP contribution in [0.15, 0.2) is 0 Å². The molecule has 0 spiro atoms. The minimum Gasteiger partial charge on any atom is -0.317 e. The van der Waals surface area contributed by atoms with Gasteiger partial charge in [0.25, 0.3) is 0 Å². The first-order chi connectivity index (χ1) is 8.36. The lowest BCUT2D eigenvalue weighted by Crippen LogP contribution is -2.33. The third-order valence-electron chi connectivity index (χ3n) is 4.41. The molecule has 2 unspecified atom stereocenters. The zero-order valence-corrected chi connectivity index (χ0v) is 10.9. The molecule has 2 N–H and O–H groups in total. The summed E-state index contributed by atoms with van der Waals surface area (Å²) >= 11 is 0. The van der Waals surface area contributed by atoms with Gasteiger partial charge in [-0.05, 0) is 76.5 Å². The second-order valence-electron chi connectivity index (χ2n) is 5.77. The first-order valence-corrected chi connectivity index (χ1v) is 7.43. The Bertz CT molecular complexity index is 198. The number of piperidine rings is 2. The zero-order chi connectivity index (χ0) is 11.9. The molecule has 0 aliphatic carbocycles. The summed E-state index contributed by atoms with van der Waals surface area (Å²) in [6.07, 6.45) is 7.89. The highest BCUT2D eigenvalue weighted by atomic mass is 16.3. The first-order valence-electron chi connectivity index (χ1n) is 7.43. The third-order valence-corrected chi connectivity index (χ3v) is 4.41. The van der Waals surface area contributed by atoms with E-state index in [4.69, 9.17) is 0 Å². The Kier molecular flexibility index (Phi) is 5.75. The van der Waals surface area contributed by atoms with Crippen molar-refractivity contribution < 1.29 is 5.11 Å². The summed E-state index contributed by atoms with van der Waals surface area (Å²) in [5.74, 6) is 1.28. The molecule has 2 heterocycles. The molecule has 2 aliphatic rings. The predicted octanol–water partition coefficient (Wildman–Crippen LogP) is 1.95. The van der Waals surface area contributed by atoms with Crippen molar-refractivity contribution in [1.29, 1.82) is 0 Å². The SMILES string of the molecule is [O]C(CCCC1CCCNC1)C1CCNCC1. The number of hydrogen-bond donors (Lipinski definition) is 2. The van der Waals surface area contributed by atoms with Gasteiger partial charge in [-0.3, -0.25) is 0 Å². The van der Waals surface area contributed by atoms with Crippen LogP contribution < -0.4 is 10.6 Å². The van der Waals surface area contributed by atoms with Crippen LogP contribution in [0.25, 0.3) is 0 Å². The molecule has 17 heavy (non-hydrogen) atoms. The van der Waals surface area contributed by atoms with Crippen molar-refractivity contribution in [2.45, 2.75) is 51.0 Å². The quantitative estimate of drug-likeness (QED) is 0.770. The van der Waals surface area contributed by atoms with Gasteiger partial charge in [0, 0.05) is 0 Å². The second kappa shape index (κ2) is 7.34. The van der Waals surface area contributed by atoms with E-state index in [9.17, 15) is 5.11 Å². The molecule has 3 nitrogen and oxygen atoms in total. The van der Waals surface area contributed by atoms with Crippen molar-refractivity contribution in [3.05, 3.63) is 0 Å². The van der Waals surface area contributed by atoms with E-state index in [0.717, 1.165) is 44.7 Å². The molecule has 0 aromatic rings. The number of hydrogen-bond acceptors (Lipinski definition) is 2. The van der Waals surface area contributed by atoms with Crippen LogP contribution in [-0.2, 0) is 5.11 Å². The van der Waals surface area contributed by atoms with Gasteiger partial charge < -0.3 is 10.6 Å². The van der Waals surface area contributed by atoms with E-state index in [2.05, 4.69) is 10.6 Å². The molecule has 2 rings (SSSR count). The first kappa shape index (κ1) is 13.3. The number of rotatable bonds is 5. The Balaban J connectivity index is 1.57. The number of nitrogens with one attached hydrogen (secondary N) is 2. The van der Waals surface area contributed by atoms with Crippen LogP contribution in [0.3, 0.4) is 0 Å². The van der Waals surface area contributed by atoms with Crippen molar-refractivity contribution in [3.63, 3.8) is 0 Å². The summed E-state index contributed by atoms with van der Waals surface area (Å²) in [6.45, 7) is 4.47. The summed E-state index contributed by atoms with van der Waals surface area (Å²) in [5.41, 5.74) is 0. The predicted molar refractivity (Wildman–Crippen MR) is 69.5 cm³/mol. The topological polar surface area (TPSA) is 44.0 Å². The highest BCUT2D eigenvalue weighted by molar-refractivity contribution is 4.76. The van der Waals surface area contributed by atoms with E-state index in [1.807, 2.05) is 0 Å². The Morgan fingerprint density at radius 2 is 1.88 bits per heavy atom. The fourth-order valence-corrected chi connectivity index (χ4v) is 3.23. The lowest BCUT2D eigenvalue weighted by atomic mass is 9.87. The summed E-state index contributed by atoms with van der Waals surface area (Å²) in [4.78, 5) is 0. The zero-order valence-electron chi connectivity index (χ0n) is 10.9. The largest absolute Gasteiger partial charge is 0.317 e. The molecule has 0 saturated carbocycles. The maximum Gasteiger partial charge on any atom is 0.0959 e. The molecular weight excluding hydrogens is 212 g/mol. The van der Waals surface area contributed by atoms with Crippen molar-refractivity contribution in [1.82, 2.24) is 10.6 Å². The molecule has 0 bridgehead atoms. The summed E-state index contributed by atoms with van der Waals surface area (Å²) in [5, 5.41) is 18.9. The molecular formula is C14H27N2O. The fourth-order valence-electron chi connectivity index (χ4n) is 3.23. The Labute approximate surface area is 105 Å². The molecule has 0 aromatic heterocycles. The molecule has 0 amide bonds. The van der Waals surface area contributed by atoms with Gasteiger partial charge in [-0.25, -0.2) is 5.11 Å². The van der Waals surface area contributed by atoms with Gasteiger partial charge in [-0.1, -0.05) is 6.42 Å². The normalized spacial score (nSPS) is 29.1. The van der Waals surface area contributed by atoms with E-state index in [0.29, 0.717) is 5.92 Å². The van der Waals surface area contributed by atoms with Gasteiger partial charge in [-0.2, -0.15) is 0 Å². The van der Waals surface area contributed by atoms with Crippen LogP contribution >= 0.6 is 0 Å². The summed E-state index contributed by atoms with van der Waals surface area (Å²) in [6, 6.07) is 0. The maximum absolute atomic E-state index is 12.1. The minimum atomic E-state index is -0.298. The van der Waals surface area contributed by atoms with Crippen LogP contribution in [0.2, 0.25) is 0 Å². The van der Waals surface area contributed by atoms with E-state index in [-0.39, 0.29) is 6.10 Å². The maximum atomic E-state index is 12.1. The Morgan fingerprint density at radius 3 is 2.59 bits per heavy atom. The Hall–Kier alpha value is -0.120. The molecule has 3 heteroatoms. The minimum absolute atomic E-state index is 0.298. The monoisotopic (exact) mass is 239 g/mol. The van der Waals surface area contributed by atoms with Gasteiger partial charge in [0.2, 0.25) is 0 Å². The van der Waals surface area contributed by atoms with Crippen LogP contribution in [0, 0.1) is 11.8 Å². The van der Waals surface area contributed by atoms with Crippen LogP contribution in [0.5, 0.6) is 0 Å². The lowest BCUT2D eigenvalue weighted by molar-refractivity contribution is 0.0152. The molecule has 1 radical (unpaired) electrons. The summed E-state index contributed by atoms with van der Waals surface area (Å²) in [7, 11) is 0. The van der Waals surface area contributed by atoms with Crippen molar-refractivity contribution in [2.75, 3.05) is 26.2 Å². The fraction of sp³-hybridized carbons (Fsp3) is 1.00. The molecule has 2 aliphatic heterocycles. The van der Waals surface area contributed by atoms with Crippen LogP contribution in [0.4, 0.5) is 0 Å². The van der Waals surface area contributed by atoms with E-state index < -0.39 is 0 Å². The highest BCUT2D eigenvalue weighted by Crippen LogP contribution is 2.23. The van der Waals surface area contributed by atoms with Crippen molar-refractivity contribution >= 4 is 0 Å². The van der Waals surface area contributed by atoms with Gasteiger partial charge in [-0.15, -0.1) is 0 Å². The van der Waals surface area contributed by atoms with E-state index in [1.54, 1.807) is 0 Å².